The number of rotatable bonds is 9. The number of H-pyrrole nitrogens is 1. The van der Waals surface area contributed by atoms with Crippen molar-refractivity contribution in [1.82, 2.24) is 30.1 Å². The van der Waals surface area contributed by atoms with Gasteiger partial charge < -0.3 is 9.72 Å². The first-order valence-corrected chi connectivity index (χ1v) is 12.5. The zero-order chi connectivity index (χ0) is 24.2. The molecule has 0 saturated carbocycles. The molecule has 0 spiro atoms. The van der Waals surface area contributed by atoms with Gasteiger partial charge in [0.25, 0.3) is 5.56 Å². The van der Waals surface area contributed by atoms with Gasteiger partial charge in [0.05, 0.1) is 12.6 Å². The Kier molecular flexibility index (Phi) is 7.01. The van der Waals surface area contributed by atoms with Gasteiger partial charge in [0.15, 0.2) is 5.82 Å². The molecule has 1 N–H and O–H groups in total. The van der Waals surface area contributed by atoms with E-state index in [1.54, 1.807) is 0 Å². The van der Waals surface area contributed by atoms with E-state index in [2.05, 4.69) is 63.5 Å². The molecule has 1 aliphatic heterocycles. The fourth-order valence-corrected chi connectivity index (χ4v) is 4.92. The largest absolute Gasteiger partial charge is 0.376 e. The maximum Gasteiger partial charge on any atom is 0.253 e. The van der Waals surface area contributed by atoms with Crippen molar-refractivity contribution in [2.75, 3.05) is 13.2 Å². The number of fused-ring (bicyclic) bond motifs is 1. The third-order valence-electron chi connectivity index (χ3n) is 6.84. The van der Waals surface area contributed by atoms with Gasteiger partial charge in [-0.15, -0.1) is 5.10 Å². The normalized spacial score (nSPS) is 16.8. The van der Waals surface area contributed by atoms with E-state index in [9.17, 15) is 4.79 Å². The Morgan fingerprint density at radius 3 is 2.74 bits per heavy atom. The molecule has 0 radical (unpaired) electrons. The molecule has 2 aromatic heterocycles. The van der Waals surface area contributed by atoms with E-state index in [0.717, 1.165) is 43.3 Å². The second kappa shape index (κ2) is 10.5. The highest BCUT2D eigenvalue weighted by Gasteiger charge is 2.31. The van der Waals surface area contributed by atoms with E-state index in [1.165, 1.54) is 11.1 Å². The SMILES string of the molecule is CCc1ccc2[nH]c(=O)c([C@@H](c3nnnn3C[C@H]3CCCO3)N(CC)Cc3ccccc3)cc2c1. The maximum atomic E-state index is 13.5. The Morgan fingerprint density at radius 1 is 1.14 bits per heavy atom. The van der Waals surface area contributed by atoms with Gasteiger partial charge in [0.2, 0.25) is 0 Å². The van der Waals surface area contributed by atoms with Crippen molar-refractivity contribution in [2.45, 2.75) is 58.3 Å². The van der Waals surface area contributed by atoms with E-state index in [0.29, 0.717) is 24.5 Å². The van der Waals surface area contributed by atoms with Gasteiger partial charge in [-0.3, -0.25) is 9.69 Å². The molecular formula is C27H32N6O2. The summed E-state index contributed by atoms with van der Waals surface area (Å²) in [6.07, 6.45) is 3.05. The zero-order valence-corrected chi connectivity index (χ0v) is 20.4. The van der Waals surface area contributed by atoms with E-state index in [4.69, 9.17) is 4.74 Å². The first-order chi connectivity index (χ1) is 17.2. The zero-order valence-electron chi connectivity index (χ0n) is 20.4. The minimum Gasteiger partial charge on any atom is -0.376 e. The molecule has 0 amide bonds. The minimum absolute atomic E-state index is 0.0871. The minimum atomic E-state index is -0.407. The standard InChI is InChI=1S/C27H32N6O2/c1-3-19-12-13-24-21(15-19)16-23(27(34)28-24)25(32(4-2)17-20-9-6-5-7-10-20)26-29-30-31-33(26)18-22-11-8-14-35-22/h5-7,9-10,12-13,15-16,22,25H,3-4,8,11,14,17-18H2,1-2H3,(H,28,34)/t22-,25+/m1/s1. The molecule has 4 aromatic rings. The molecule has 0 unspecified atom stereocenters. The lowest BCUT2D eigenvalue weighted by atomic mass is 10.0. The Morgan fingerprint density at radius 2 is 2.00 bits per heavy atom. The molecule has 2 aromatic carbocycles. The quantitative estimate of drug-likeness (QED) is 0.398. The molecule has 3 heterocycles. The van der Waals surface area contributed by atoms with E-state index < -0.39 is 6.04 Å². The average Bonchev–Trinajstić information content (AvgIpc) is 3.57. The predicted octanol–water partition coefficient (Wildman–Crippen LogP) is 3.87. The highest BCUT2D eigenvalue weighted by atomic mass is 16.5. The lowest BCUT2D eigenvalue weighted by Gasteiger charge is -2.30. The fourth-order valence-electron chi connectivity index (χ4n) is 4.92. The summed E-state index contributed by atoms with van der Waals surface area (Å²) in [5, 5.41) is 13.8. The van der Waals surface area contributed by atoms with E-state index in [1.807, 2.05) is 35.0 Å². The number of nitrogens with zero attached hydrogens (tertiary/aromatic N) is 5. The summed E-state index contributed by atoms with van der Waals surface area (Å²) >= 11 is 0. The van der Waals surface area contributed by atoms with Gasteiger partial charge in [-0.1, -0.05) is 50.2 Å². The van der Waals surface area contributed by atoms with Crippen LogP contribution in [-0.4, -0.2) is 49.3 Å². The first-order valence-electron chi connectivity index (χ1n) is 12.5. The van der Waals surface area contributed by atoms with Crippen LogP contribution in [0.2, 0.25) is 0 Å². The highest BCUT2D eigenvalue weighted by molar-refractivity contribution is 5.80. The molecule has 182 valence electrons. The molecule has 2 atom stereocenters. The van der Waals surface area contributed by atoms with Crippen LogP contribution in [-0.2, 0) is 24.2 Å². The van der Waals surface area contributed by atoms with Gasteiger partial charge in [-0.25, -0.2) is 4.68 Å². The highest BCUT2D eigenvalue weighted by Crippen LogP contribution is 2.29. The molecule has 8 nitrogen and oxygen atoms in total. The van der Waals surface area contributed by atoms with Gasteiger partial charge in [-0.2, -0.15) is 0 Å². The van der Waals surface area contributed by atoms with Crippen molar-refractivity contribution in [3.63, 3.8) is 0 Å². The van der Waals surface area contributed by atoms with Crippen LogP contribution >= 0.6 is 0 Å². The van der Waals surface area contributed by atoms with Crippen molar-refractivity contribution < 1.29 is 4.74 Å². The van der Waals surface area contributed by atoms with Crippen molar-refractivity contribution in [3.05, 3.63) is 87.5 Å². The molecular weight excluding hydrogens is 440 g/mol. The van der Waals surface area contributed by atoms with Crippen LogP contribution in [0.25, 0.3) is 10.9 Å². The van der Waals surface area contributed by atoms with Crippen LogP contribution in [0, 0.1) is 0 Å². The number of benzene rings is 2. The maximum absolute atomic E-state index is 13.5. The molecule has 35 heavy (non-hydrogen) atoms. The molecule has 0 aliphatic carbocycles. The average molecular weight is 473 g/mol. The summed E-state index contributed by atoms with van der Waals surface area (Å²) in [7, 11) is 0. The van der Waals surface area contributed by atoms with E-state index in [-0.39, 0.29) is 11.7 Å². The summed E-state index contributed by atoms with van der Waals surface area (Å²) in [5.74, 6) is 0.662. The van der Waals surface area contributed by atoms with Crippen LogP contribution < -0.4 is 5.56 Å². The molecule has 1 aliphatic rings. The Bertz CT molecular complexity index is 1330. The summed E-state index contributed by atoms with van der Waals surface area (Å²) in [6.45, 7) is 6.97. The molecule has 1 saturated heterocycles. The Balaban J connectivity index is 1.62. The summed E-state index contributed by atoms with van der Waals surface area (Å²) in [6, 6.07) is 18.1. The summed E-state index contributed by atoms with van der Waals surface area (Å²) in [4.78, 5) is 18.8. The number of tetrazole rings is 1. The monoisotopic (exact) mass is 472 g/mol. The number of hydrogen-bond acceptors (Lipinski definition) is 6. The lowest BCUT2D eigenvalue weighted by molar-refractivity contribution is 0.0907. The topological polar surface area (TPSA) is 88.9 Å². The third kappa shape index (κ3) is 5.04. The van der Waals surface area contributed by atoms with Gasteiger partial charge >= 0.3 is 0 Å². The Labute approximate surface area is 204 Å². The number of aromatic amines is 1. The van der Waals surface area contributed by atoms with Gasteiger partial charge in [0.1, 0.15) is 6.04 Å². The van der Waals surface area contributed by atoms with Crippen molar-refractivity contribution in [3.8, 4) is 0 Å². The van der Waals surface area contributed by atoms with Crippen molar-refractivity contribution in [2.24, 2.45) is 0 Å². The summed E-state index contributed by atoms with van der Waals surface area (Å²) in [5.41, 5.74) is 3.76. The number of hydrogen-bond donors (Lipinski definition) is 1. The summed E-state index contributed by atoms with van der Waals surface area (Å²) < 4.78 is 7.68. The number of ether oxygens (including phenoxy) is 1. The van der Waals surface area contributed by atoms with Gasteiger partial charge in [0, 0.05) is 24.2 Å². The van der Waals surface area contributed by atoms with E-state index >= 15 is 0 Å². The van der Waals surface area contributed by atoms with Crippen LogP contribution in [0.3, 0.4) is 0 Å². The predicted molar refractivity (Wildman–Crippen MR) is 135 cm³/mol. The van der Waals surface area contributed by atoms with Crippen LogP contribution in [0.1, 0.15) is 55.2 Å². The fraction of sp³-hybridized carbons (Fsp3) is 0.407. The van der Waals surface area contributed by atoms with Crippen LogP contribution in [0.4, 0.5) is 0 Å². The molecule has 8 heteroatoms. The van der Waals surface area contributed by atoms with Crippen LogP contribution in [0.5, 0.6) is 0 Å². The number of pyridine rings is 1. The lowest BCUT2D eigenvalue weighted by Crippen LogP contribution is -2.35. The van der Waals surface area contributed by atoms with Gasteiger partial charge in [-0.05, 0) is 70.9 Å². The number of aryl methyl sites for hydroxylation is 1. The Hall–Kier alpha value is -3.36. The molecule has 0 bridgehead atoms. The smallest absolute Gasteiger partial charge is 0.253 e. The third-order valence-corrected chi connectivity index (χ3v) is 6.84. The van der Waals surface area contributed by atoms with Crippen LogP contribution in [0.15, 0.2) is 59.4 Å². The second-order valence-electron chi connectivity index (χ2n) is 9.13. The number of nitrogens with one attached hydrogen (secondary N) is 1. The van der Waals surface area contributed by atoms with Crippen molar-refractivity contribution in [1.29, 1.82) is 0 Å². The van der Waals surface area contributed by atoms with Crippen molar-refractivity contribution >= 4 is 10.9 Å². The second-order valence-corrected chi connectivity index (χ2v) is 9.13. The number of aromatic nitrogens is 5. The molecule has 5 rings (SSSR count). The molecule has 1 fully saturated rings. The first kappa shape index (κ1) is 23.4.